The van der Waals surface area contributed by atoms with Gasteiger partial charge in [-0.3, -0.25) is 4.99 Å². The topological polar surface area (TPSA) is 73.1 Å². The third-order valence-corrected chi connectivity index (χ3v) is 0.952. The van der Waals surface area contributed by atoms with E-state index in [0.29, 0.717) is 0 Å². The Morgan fingerprint density at radius 1 is 1.73 bits per heavy atom. The molecular weight excluding hydrogens is 148 g/mol. The van der Waals surface area contributed by atoms with Crippen molar-refractivity contribution in [3.05, 3.63) is 12.8 Å². The molecule has 0 aliphatic carbocycles. The summed E-state index contributed by atoms with van der Waals surface area (Å²) in [6, 6.07) is 0. The Morgan fingerprint density at radius 3 is 2.45 bits per heavy atom. The minimum absolute atomic E-state index is 0.923. The van der Waals surface area contributed by atoms with Gasteiger partial charge in [0.1, 0.15) is 0 Å². The van der Waals surface area contributed by atoms with Crippen molar-refractivity contribution in [1.29, 1.82) is 0 Å². The molecule has 62 valence electrons. The minimum atomic E-state index is -1.83. The molecule has 1 rings (SSSR count). The van der Waals surface area contributed by atoms with Crippen LogP contribution in [0.4, 0.5) is 4.79 Å². The summed E-state index contributed by atoms with van der Waals surface area (Å²) >= 11 is 0. The van der Waals surface area contributed by atoms with E-state index in [9.17, 15) is 0 Å². The molecule has 0 spiro atoms. The maximum Gasteiger partial charge on any atom is 0.503 e. The first kappa shape index (κ1) is 9.48. The average molecular weight is 158 g/mol. The predicted octanol–water partition coefficient (Wildman–Crippen LogP) is 0.696. The molecule has 0 aromatic carbocycles. The van der Waals surface area contributed by atoms with Gasteiger partial charge < -0.3 is 15.1 Å². The van der Waals surface area contributed by atoms with Gasteiger partial charge in [-0.25, -0.2) is 4.79 Å². The van der Waals surface area contributed by atoms with Crippen molar-refractivity contribution in [3.63, 3.8) is 0 Å². The van der Waals surface area contributed by atoms with Crippen LogP contribution in [0.2, 0.25) is 0 Å². The van der Waals surface area contributed by atoms with Gasteiger partial charge in [-0.2, -0.15) is 0 Å². The predicted molar refractivity (Wildman–Crippen MR) is 40.9 cm³/mol. The fraction of sp³-hybridized carbons (Fsp3) is 0.333. The van der Waals surface area contributed by atoms with Crippen LogP contribution in [0.3, 0.4) is 0 Å². The van der Waals surface area contributed by atoms with Crippen LogP contribution >= 0.6 is 0 Å². The second-order valence-corrected chi connectivity index (χ2v) is 1.72. The molecule has 1 aliphatic rings. The zero-order chi connectivity index (χ0) is 8.69. The first-order valence-corrected chi connectivity index (χ1v) is 2.97. The Morgan fingerprint density at radius 2 is 2.27 bits per heavy atom. The molecule has 0 fully saturated rings. The molecule has 0 radical (unpaired) electrons. The van der Waals surface area contributed by atoms with Crippen LogP contribution < -0.4 is 0 Å². The van der Waals surface area contributed by atoms with Gasteiger partial charge in [0.2, 0.25) is 0 Å². The lowest BCUT2D eigenvalue weighted by molar-refractivity contribution is 0.137. The summed E-state index contributed by atoms with van der Waals surface area (Å²) < 4.78 is 0. The van der Waals surface area contributed by atoms with Crippen LogP contribution in [0, 0.1) is 0 Å². The lowest BCUT2D eigenvalue weighted by Crippen LogP contribution is -2.09. The normalized spacial score (nSPS) is 13.6. The van der Waals surface area contributed by atoms with E-state index in [0.717, 1.165) is 13.1 Å². The first-order chi connectivity index (χ1) is 5.16. The van der Waals surface area contributed by atoms with E-state index in [1.165, 1.54) is 0 Å². The number of hydrogen-bond acceptors (Lipinski definition) is 3. The summed E-state index contributed by atoms with van der Waals surface area (Å²) in [6.07, 6.45) is 1.74. The molecule has 1 heterocycles. The Balaban J connectivity index is 0.000000218. The summed E-state index contributed by atoms with van der Waals surface area (Å²) in [5, 5.41) is 13.9. The van der Waals surface area contributed by atoms with Crippen LogP contribution in [0.1, 0.15) is 0 Å². The zero-order valence-electron chi connectivity index (χ0n) is 5.97. The number of rotatable bonds is 1. The number of carbonyl (C=O) groups is 1. The molecule has 5 heteroatoms. The maximum absolute atomic E-state index is 8.56. The molecule has 1 aliphatic heterocycles. The van der Waals surface area contributed by atoms with Gasteiger partial charge in [-0.15, -0.1) is 0 Å². The van der Waals surface area contributed by atoms with Crippen molar-refractivity contribution in [2.45, 2.75) is 0 Å². The van der Waals surface area contributed by atoms with Crippen LogP contribution in [0.15, 0.2) is 17.8 Å². The molecule has 0 unspecified atom stereocenters. The number of nitrogens with zero attached hydrogens (tertiary/aromatic N) is 2. The van der Waals surface area contributed by atoms with E-state index in [1.54, 1.807) is 12.5 Å². The van der Waals surface area contributed by atoms with Crippen LogP contribution in [-0.2, 0) is 0 Å². The molecule has 2 N–H and O–H groups in total. The van der Waals surface area contributed by atoms with Crippen molar-refractivity contribution in [2.24, 2.45) is 4.99 Å². The highest BCUT2D eigenvalue weighted by Crippen LogP contribution is 1.90. The summed E-state index contributed by atoms with van der Waals surface area (Å²) in [5.41, 5.74) is 0. The maximum atomic E-state index is 8.56. The molecule has 0 atom stereocenters. The van der Waals surface area contributed by atoms with E-state index in [2.05, 4.69) is 11.6 Å². The molecule has 0 aromatic heterocycles. The third kappa shape index (κ3) is 6.36. The molecule has 0 saturated heterocycles. The van der Waals surface area contributed by atoms with Gasteiger partial charge >= 0.3 is 6.16 Å². The van der Waals surface area contributed by atoms with Crippen LogP contribution in [-0.4, -0.2) is 40.7 Å². The number of aliphatic imine (C=N–C) groups is 1. The highest BCUT2D eigenvalue weighted by atomic mass is 16.6. The standard InChI is InChI=1S/C5H8N2.CH2O3/c1-2-7-4-3-6-5-7;2-1(3)4/h2,5H,1,3-4H2;(H2,2,3,4). The van der Waals surface area contributed by atoms with E-state index in [1.807, 2.05) is 4.90 Å². The summed E-state index contributed by atoms with van der Waals surface area (Å²) in [6.45, 7) is 5.50. The Kier molecular flexibility index (Phi) is 4.55. The molecule has 0 amide bonds. The second kappa shape index (κ2) is 5.28. The molecule has 0 saturated carbocycles. The lowest BCUT2D eigenvalue weighted by Gasteiger charge is -2.02. The smallest absolute Gasteiger partial charge is 0.450 e. The largest absolute Gasteiger partial charge is 0.503 e. The second-order valence-electron chi connectivity index (χ2n) is 1.72. The molecule has 5 nitrogen and oxygen atoms in total. The van der Waals surface area contributed by atoms with Gasteiger partial charge in [0.15, 0.2) is 0 Å². The van der Waals surface area contributed by atoms with Crippen LogP contribution in [0.25, 0.3) is 0 Å². The highest BCUT2D eigenvalue weighted by Gasteiger charge is 1.96. The van der Waals surface area contributed by atoms with Gasteiger partial charge in [0.05, 0.1) is 12.9 Å². The SMILES string of the molecule is C=CN1C=NCC1.O=C(O)O. The molecule has 11 heavy (non-hydrogen) atoms. The third-order valence-electron chi connectivity index (χ3n) is 0.952. The Hall–Kier alpha value is -1.52. The number of carboxylic acid groups (broad SMARTS) is 2. The van der Waals surface area contributed by atoms with Crippen molar-refractivity contribution in [3.8, 4) is 0 Å². The summed E-state index contributed by atoms with van der Waals surface area (Å²) in [5.74, 6) is 0. The zero-order valence-corrected chi connectivity index (χ0v) is 5.97. The highest BCUT2D eigenvalue weighted by molar-refractivity contribution is 5.58. The molecule has 0 bridgehead atoms. The van der Waals surface area contributed by atoms with E-state index >= 15 is 0 Å². The van der Waals surface area contributed by atoms with Gasteiger partial charge in [0, 0.05) is 6.54 Å². The fourth-order valence-corrected chi connectivity index (χ4v) is 0.532. The van der Waals surface area contributed by atoms with E-state index in [-0.39, 0.29) is 0 Å². The molecular formula is C6H10N2O3. The van der Waals surface area contributed by atoms with Crippen molar-refractivity contribution in [2.75, 3.05) is 13.1 Å². The summed E-state index contributed by atoms with van der Waals surface area (Å²) in [7, 11) is 0. The lowest BCUT2D eigenvalue weighted by atomic mass is 10.6. The van der Waals surface area contributed by atoms with Crippen molar-refractivity contribution < 1.29 is 15.0 Å². The molecule has 0 aromatic rings. The quantitative estimate of drug-likeness (QED) is 0.589. The van der Waals surface area contributed by atoms with Gasteiger partial charge in [-0.1, -0.05) is 6.58 Å². The summed E-state index contributed by atoms with van der Waals surface area (Å²) in [4.78, 5) is 14.5. The monoisotopic (exact) mass is 158 g/mol. The average Bonchev–Trinajstić information content (AvgIpc) is 2.36. The van der Waals surface area contributed by atoms with Crippen LogP contribution in [0.5, 0.6) is 0 Å². The Labute approximate surface area is 64.3 Å². The first-order valence-electron chi connectivity index (χ1n) is 2.97. The van der Waals surface area contributed by atoms with E-state index in [4.69, 9.17) is 15.0 Å². The van der Waals surface area contributed by atoms with Crippen molar-refractivity contribution in [1.82, 2.24) is 4.90 Å². The van der Waals surface area contributed by atoms with Gasteiger partial charge in [0.25, 0.3) is 0 Å². The fourth-order valence-electron chi connectivity index (χ4n) is 0.532. The number of hydrogen-bond donors (Lipinski definition) is 2. The van der Waals surface area contributed by atoms with Gasteiger partial charge in [-0.05, 0) is 6.20 Å². The van der Waals surface area contributed by atoms with E-state index < -0.39 is 6.16 Å². The van der Waals surface area contributed by atoms with Crippen molar-refractivity contribution >= 4 is 12.5 Å². The Bertz CT molecular complexity index is 163. The minimum Gasteiger partial charge on any atom is -0.450 e.